The Morgan fingerprint density at radius 1 is 1.41 bits per heavy atom. The molecule has 0 saturated carbocycles. The molecule has 1 aliphatic rings. The second kappa shape index (κ2) is 4.86. The highest BCUT2D eigenvalue weighted by molar-refractivity contribution is 5.95. The minimum absolute atomic E-state index is 0.00241. The minimum atomic E-state index is -0.336. The summed E-state index contributed by atoms with van der Waals surface area (Å²) in [6.07, 6.45) is 0.881. The Morgan fingerprint density at radius 2 is 2.12 bits per heavy atom. The molecule has 0 radical (unpaired) electrons. The number of carbonyl (C=O) groups excluding carboxylic acids is 2. The molecule has 3 amide bonds. The van der Waals surface area contributed by atoms with Gasteiger partial charge in [0.2, 0.25) is 5.91 Å². The molecule has 0 aliphatic carbocycles. The maximum absolute atomic E-state index is 11.7. The first kappa shape index (κ1) is 11.4. The van der Waals surface area contributed by atoms with Gasteiger partial charge < -0.3 is 11.1 Å². The fourth-order valence-corrected chi connectivity index (χ4v) is 2.00. The van der Waals surface area contributed by atoms with Gasteiger partial charge in [-0.2, -0.15) is 0 Å². The fourth-order valence-electron chi connectivity index (χ4n) is 2.00. The number of nitrogens with zero attached hydrogens (tertiary/aromatic N) is 1. The molecule has 3 N–H and O–H groups in total. The lowest BCUT2D eigenvalue weighted by atomic mass is 10.1. The number of hydrogen-bond donors (Lipinski definition) is 2. The molecular weight excluding hydrogens is 218 g/mol. The number of amides is 3. The van der Waals surface area contributed by atoms with Gasteiger partial charge in [-0.1, -0.05) is 18.2 Å². The number of primary amides is 1. The van der Waals surface area contributed by atoms with E-state index in [1.165, 1.54) is 0 Å². The van der Waals surface area contributed by atoms with E-state index in [1.807, 2.05) is 30.3 Å². The van der Waals surface area contributed by atoms with E-state index in [1.54, 1.807) is 4.90 Å². The van der Waals surface area contributed by atoms with Crippen LogP contribution in [0.3, 0.4) is 0 Å². The summed E-state index contributed by atoms with van der Waals surface area (Å²) in [6.45, 7) is 0.557. The summed E-state index contributed by atoms with van der Waals surface area (Å²) >= 11 is 0. The number of urea groups is 1. The van der Waals surface area contributed by atoms with E-state index >= 15 is 0 Å². The van der Waals surface area contributed by atoms with Crippen molar-refractivity contribution in [3.8, 4) is 0 Å². The van der Waals surface area contributed by atoms with Crippen molar-refractivity contribution in [2.24, 2.45) is 5.73 Å². The Kier molecular flexibility index (Phi) is 3.27. The summed E-state index contributed by atoms with van der Waals surface area (Å²) in [5, 5.41) is 2.78. The third kappa shape index (κ3) is 2.55. The van der Waals surface area contributed by atoms with Gasteiger partial charge in [-0.15, -0.1) is 0 Å². The van der Waals surface area contributed by atoms with Crippen LogP contribution in [0.25, 0.3) is 0 Å². The summed E-state index contributed by atoms with van der Waals surface area (Å²) in [5.74, 6) is -0.336. The molecule has 1 aliphatic heterocycles. The average Bonchev–Trinajstić information content (AvgIpc) is 2.69. The quantitative estimate of drug-likeness (QED) is 0.809. The van der Waals surface area contributed by atoms with Crippen molar-refractivity contribution in [2.45, 2.75) is 18.9 Å². The molecule has 1 fully saturated rings. The molecule has 0 bridgehead atoms. The van der Waals surface area contributed by atoms with Gasteiger partial charge in [0.15, 0.2) is 0 Å². The predicted molar refractivity (Wildman–Crippen MR) is 64.5 cm³/mol. The number of benzene rings is 1. The smallest absolute Gasteiger partial charge is 0.322 e. The molecule has 1 heterocycles. The molecule has 1 aromatic carbocycles. The van der Waals surface area contributed by atoms with Gasteiger partial charge in [0.1, 0.15) is 0 Å². The maximum atomic E-state index is 11.7. The lowest BCUT2D eigenvalue weighted by molar-refractivity contribution is -0.118. The van der Waals surface area contributed by atoms with E-state index in [0.717, 1.165) is 5.69 Å². The molecule has 90 valence electrons. The third-order valence-electron chi connectivity index (χ3n) is 2.83. The van der Waals surface area contributed by atoms with E-state index in [2.05, 4.69) is 5.32 Å². The Balaban J connectivity index is 2.12. The highest BCUT2D eigenvalue weighted by Crippen LogP contribution is 2.22. The zero-order chi connectivity index (χ0) is 12.3. The summed E-state index contributed by atoms with van der Waals surface area (Å²) in [5.41, 5.74) is 5.97. The Labute approximate surface area is 99.6 Å². The molecule has 5 nitrogen and oxygen atoms in total. The number of hydrogen-bond acceptors (Lipinski definition) is 2. The first-order chi connectivity index (χ1) is 8.18. The number of nitrogens with one attached hydrogen (secondary N) is 1. The van der Waals surface area contributed by atoms with Gasteiger partial charge in [0.25, 0.3) is 0 Å². The zero-order valence-corrected chi connectivity index (χ0v) is 9.43. The first-order valence-electron chi connectivity index (χ1n) is 5.59. The van der Waals surface area contributed by atoms with Crippen molar-refractivity contribution < 1.29 is 9.59 Å². The predicted octanol–water partition coefficient (Wildman–Crippen LogP) is 0.850. The molecule has 2 rings (SSSR count). The van der Waals surface area contributed by atoms with Crippen molar-refractivity contribution in [1.82, 2.24) is 5.32 Å². The van der Waals surface area contributed by atoms with Crippen molar-refractivity contribution >= 4 is 17.6 Å². The zero-order valence-electron chi connectivity index (χ0n) is 9.43. The highest BCUT2D eigenvalue weighted by Gasteiger charge is 2.31. The van der Waals surface area contributed by atoms with Crippen LogP contribution in [0.2, 0.25) is 0 Å². The van der Waals surface area contributed by atoms with Crippen LogP contribution >= 0.6 is 0 Å². The van der Waals surface area contributed by atoms with E-state index in [9.17, 15) is 9.59 Å². The number of anilines is 1. The van der Waals surface area contributed by atoms with Crippen LogP contribution in [0, 0.1) is 0 Å². The molecule has 1 saturated heterocycles. The minimum Gasteiger partial charge on any atom is -0.370 e. The molecule has 0 spiro atoms. The maximum Gasteiger partial charge on any atom is 0.322 e. The van der Waals surface area contributed by atoms with Crippen molar-refractivity contribution in [3.63, 3.8) is 0 Å². The van der Waals surface area contributed by atoms with Crippen LogP contribution in [0.15, 0.2) is 30.3 Å². The third-order valence-corrected chi connectivity index (χ3v) is 2.83. The molecule has 5 heteroatoms. The SMILES string of the molecule is NC(=O)CCC1CNC(=O)N1c1ccccc1. The second-order valence-corrected chi connectivity index (χ2v) is 4.05. The highest BCUT2D eigenvalue weighted by atomic mass is 16.2. The second-order valence-electron chi connectivity index (χ2n) is 4.05. The van der Waals surface area contributed by atoms with Gasteiger partial charge in [0.05, 0.1) is 6.04 Å². The van der Waals surface area contributed by atoms with Crippen LogP contribution in [0.1, 0.15) is 12.8 Å². The van der Waals surface area contributed by atoms with Gasteiger partial charge in [-0.05, 0) is 18.6 Å². The van der Waals surface area contributed by atoms with E-state index in [0.29, 0.717) is 19.4 Å². The number of carbonyl (C=O) groups is 2. The van der Waals surface area contributed by atoms with Crippen LogP contribution < -0.4 is 16.0 Å². The number of para-hydroxylation sites is 1. The standard InChI is InChI=1S/C12H15N3O2/c13-11(16)7-6-10-8-14-12(17)15(10)9-4-2-1-3-5-9/h1-5,10H,6-8H2,(H2,13,16)(H,14,17). The van der Waals surface area contributed by atoms with Crippen LogP contribution in [0.4, 0.5) is 10.5 Å². The fraction of sp³-hybridized carbons (Fsp3) is 0.333. The van der Waals surface area contributed by atoms with Crippen LogP contribution in [0.5, 0.6) is 0 Å². The largest absolute Gasteiger partial charge is 0.370 e. The van der Waals surface area contributed by atoms with Gasteiger partial charge in [-0.3, -0.25) is 9.69 Å². The van der Waals surface area contributed by atoms with Gasteiger partial charge in [-0.25, -0.2) is 4.79 Å². The molecule has 1 aromatic rings. The van der Waals surface area contributed by atoms with Gasteiger partial charge >= 0.3 is 6.03 Å². The number of nitrogens with two attached hydrogens (primary N) is 1. The monoisotopic (exact) mass is 233 g/mol. The summed E-state index contributed by atoms with van der Waals surface area (Å²) in [7, 11) is 0. The molecule has 1 unspecified atom stereocenters. The van der Waals surface area contributed by atoms with Crippen molar-refractivity contribution in [2.75, 3.05) is 11.4 Å². The van der Waals surface area contributed by atoms with E-state index in [4.69, 9.17) is 5.73 Å². The van der Waals surface area contributed by atoms with Crippen LogP contribution in [-0.2, 0) is 4.79 Å². The lowest BCUT2D eigenvalue weighted by Crippen LogP contribution is -2.34. The molecule has 1 atom stereocenters. The normalized spacial score (nSPS) is 19.2. The number of rotatable bonds is 4. The van der Waals surface area contributed by atoms with E-state index < -0.39 is 0 Å². The molecule has 0 aromatic heterocycles. The van der Waals surface area contributed by atoms with Crippen molar-refractivity contribution in [3.05, 3.63) is 30.3 Å². The Bertz CT molecular complexity index is 419. The molecular formula is C12H15N3O2. The Hall–Kier alpha value is -2.04. The topological polar surface area (TPSA) is 75.4 Å². The van der Waals surface area contributed by atoms with Gasteiger partial charge in [0, 0.05) is 18.7 Å². The summed E-state index contributed by atoms with van der Waals surface area (Å²) in [4.78, 5) is 24.2. The van der Waals surface area contributed by atoms with Crippen molar-refractivity contribution in [1.29, 1.82) is 0 Å². The summed E-state index contributed by atoms with van der Waals surface area (Å²) in [6, 6.07) is 9.29. The average molecular weight is 233 g/mol. The summed E-state index contributed by atoms with van der Waals surface area (Å²) < 4.78 is 0. The van der Waals surface area contributed by atoms with Crippen LogP contribution in [-0.4, -0.2) is 24.5 Å². The lowest BCUT2D eigenvalue weighted by Gasteiger charge is -2.22. The first-order valence-corrected chi connectivity index (χ1v) is 5.59. The van der Waals surface area contributed by atoms with E-state index in [-0.39, 0.29) is 18.0 Å². The Morgan fingerprint density at radius 3 is 2.76 bits per heavy atom. The molecule has 17 heavy (non-hydrogen) atoms.